The van der Waals surface area contributed by atoms with Crippen LogP contribution in [0.5, 0.6) is 0 Å². The van der Waals surface area contributed by atoms with Crippen LogP contribution in [0.4, 0.5) is 0 Å². The quantitative estimate of drug-likeness (QED) is 0.632. The second-order valence-electron chi connectivity index (χ2n) is 2.76. The monoisotopic (exact) mass is 219 g/mol. The summed E-state index contributed by atoms with van der Waals surface area (Å²) in [5.74, 6) is 1.17. The zero-order chi connectivity index (χ0) is 10.4. The van der Waals surface area contributed by atoms with Gasteiger partial charge in [-0.05, 0) is 0 Å². The summed E-state index contributed by atoms with van der Waals surface area (Å²) >= 11 is 6.59. The van der Waals surface area contributed by atoms with Gasteiger partial charge in [0.15, 0.2) is 0 Å². The van der Waals surface area contributed by atoms with Crippen molar-refractivity contribution < 1.29 is 4.79 Å². The Morgan fingerprint density at radius 3 is 2.38 bits per heavy atom. The average molecular weight is 219 g/mol. The number of thiocarbonyl (C=S) groups is 1. The minimum absolute atomic E-state index is 0.0617. The lowest BCUT2D eigenvalue weighted by atomic mass is 10.2. The minimum Gasteiger partial charge on any atom is -0.297 e. The van der Waals surface area contributed by atoms with Crippen LogP contribution < -0.4 is 0 Å². The van der Waals surface area contributed by atoms with Gasteiger partial charge in [-0.3, -0.25) is 9.69 Å². The molecule has 0 radical (unpaired) electrons. The molecule has 0 aliphatic carbocycles. The molecule has 0 atom stereocenters. The molecule has 76 valence electrons. The lowest BCUT2D eigenvalue weighted by molar-refractivity contribution is -0.129. The van der Waals surface area contributed by atoms with E-state index in [2.05, 4.69) is 0 Å². The van der Waals surface area contributed by atoms with Crippen LogP contribution in [0.25, 0.3) is 0 Å². The summed E-state index contributed by atoms with van der Waals surface area (Å²) in [6.45, 7) is 8.59. The van der Waals surface area contributed by atoms with Crippen molar-refractivity contribution in [2.24, 2.45) is 5.92 Å². The Labute approximate surface area is 90.1 Å². The van der Waals surface area contributed by atoms with Gasteiger partial charge in [-0.1, -0.05) is 51.7 Å². The highest BCUT2D eigenvalue weighted by Gasteiger charge is 2.25. The van der Waals surface area contributed by atoms with Gasteiger partial charge < -0.3 is 0 Å². The van der Waals surface area contributed by atoms with Crippen LogP contribution in [-0.2, 0) is 4.79 Å². The molecule has 1 aliphatic heterocycles. The Morgan fingerprint density at radius 1 is 1.54 bits per heavy atom. The molecule has 1 rings (SSSR count). The van der Waals surface area contributed by atoms with E-state index < -0.39 is 0 Å². The molecule has 1 aliphatic rings. The van der Waals surface area contributed by atoms with Crippen LogP contribution in [0.1, 0.15) is 27.7 Å². The Balaban J connectivity index is 0.000000671. The maximum absolute atomic E-state index is 11.4. The first-order valence-electron chi connectivity index (χ1n) is 4.61. The van der Waals surface area contributed by atoms with Crippen molar-refractivity contribution in [2.45, 2.75) is 27.7 Å². The van der Waals surface area contributed by atoms with Crippen molar-refractivity contribution in [3.63, 3.8) is 0 Å². The predicted molar refractivity (Wildman–Crippen MR) is 63.0 cm³/mol. The van der Waals surface area contributed by atoms with Crippen LogP contribution in [0.15, 0.2) is 0 Å². The van der Waals surface area contributed by atoms with Gasteiger partial charge in [0.25, 0.3) is 0 Å². The van der Waals surface area contributed by atoms with Gasteiger partial charge in [0.2, 0.25) is 5.91 Å². The maximum atomic E-state index is 11.4. The van der Waals surface area contributed by atoms with Gasteiger partial charge in [-0.25, -0.2) is 0 Å². The summed E-state index contributed by atoms with van der Waals surface area (Å²) in [5.41, 5.74) is 0. The van der Waals surface area contributed by atoms with E-state index in [9.17, 15) is 4.79 Å². The van der Waals surface area contributed by atoms with Crippen LogP contribution >= 0.6 is 24.0 Å². The number of thioether (sulfide) groups is 1. The zero-order valence-electron chi connectivity index (χ0n) is 8.66. The summed E-state index contributed by atoms with van der Waals surface area (Å²) < 4.78 is 0.740. The summed E-state index contributed by atoms with van der Waals surface area (Å²) in [6.07, 6.45) is 0. The third-order valence-electron chi connectivity index (χ3n) is 1.52. The van der Waals surface area contributed by atoms with E-state index in [0.717, 1.165) is 16.6 Å². The highest BCUT2D eigenvalue weighted by atomic mass is 32.2. The van der Waals surface area contributed by atoms with E-state index in [4.69, 9.17) is 12.2 Å². The number of nitrogens with zero attached hydrogens (tertiary/aromatic N) is 1. The van der Waals surface area contributed by atoms with Crippen LogP contribution in [0.3, 0.4) is 0 Å². The molecular formula is C9H17NOS2. The third kappa shape index (κ3) is 3.65. The molecule has 0 N–H and O–H groups in total. The first-order valence-corrected chi connectivity index (χ1v) is 6.00. The number of hydrogen-bond acceptors (Lipinski definition) is 3. The summed E-state index contributed by atoms with van der Waals surface area (Å²) in [7, 11) is 0. The summed E-state index contributed by atoms with van der Waals surface area (Å²) in [6, 6.07) is 0. The van der Waals surface area contributed by atoms with E-state index in [1.165, 1.54) is 0 Å². The van der Waals surface area contributed by atoms with E-state index in [0.29, 0.717) is 0 Å². The zero-order valence-corrected chi connectivity index (χ0v) is 10.3. The van der Waals surface area contributed by atoms with Crippen molar-refractivity contribution in [1.82, 2.24) is 4.90 Å². The number of amides is 1. The molecule has 0 saturated carbocycles. The lowest BCUT2D eigenvalue weighted by Crippen LogP contribution is -2.33. The molecule has 0 spiro atoms. The largest absolute Gasteiger partial charge is 0.297 e. The Kier molecular flexibility index (Phi) is 6.33. The smallest absolute Gasteiger partial charge is 0.230 e. The second-order valence-corrected chi connectivity index (χ2v) is 4.49. The SMILES string of the molecule is CC.CC(C)C(=O)N1CCSC1=S. The second kappa shape index (κ2) is 6.38. The first kappa shape index (κ1) is 12.9. The third-order valence-corrected chi connectivity index (χ3v) is 2.95. The van der Waals surface area contributed by atoms with Gasteiger partial charge in [0.05, 0.1) is 0 Å². The van der Waals surface area contributed by atoms with Crippen LogP contribution in [-0.4, -0.2) is 27.4 Å². The number of carbonyl (C=O) groups is 1. The molecule has 1 fully saturated rings. The molecule has 2 nitrogen and oxygen atoms in total. The summed E-state index contributed by atoms with van der Waals surface area (Å²) in [4.78, 5) is 13.1. The Morgan fingerprint density at radius 2 is 2.08 bits per heavy atom. The van der Waals surface area contributed by atoms with Crippen molar-refractivity contribution in [3.8, 4) is 0 Å². The predicted octanol–water partition coefficient (Wildman–Crippen LogP) is 2.53. The molecule has 0 bridgehead atoms. The fourth-order valence-corrected chi connectivity index (χ4v) is 2.12. The van der Waals surface area contributed by atoms with Crippen LogP contribution in [0, 0.1) is 5.92 Å². The molecule has 1 amide bonds. The van der Waals surface area contributed by atoms with E-state index in [1.807, 2.05) is 27.7 Å². The van der Waals surface area contributed by atoms with E-state index >= 15 is 0 Å². The van der Waals surface area contributed by atoms with Crippen molar-refractivity contribution in [3.05, 3.63) is 0 Å². The van der Waals surface area contributed by atoms with Gasteiger partial charge in [0.1, 0.15) is 4.32 Å². The molecule has 0 unspecified atom stereocenters. The van der Waals surface area contributed by atoms with Gasteiger partial charge in [0, 0.05) is 18.2 Å². The molecule has 0 aromatic rings. The molecule has 0 aromatic carbocycles. The number of hydrogen-bond donors (Lipinski definition) is 0. The average Bonchev–Trinajstić information content (AvgIpc) is 2.53. The molecule has 13 heavy (non-hydrogen) atoms. The minimum atomic E-state index is 0.0617. The standard InChI is InChI=1S/C7H11NOS2.C2H6/c1-5(2)6(9)8-3-4-11-7(8)10;1-2/h5H,3-4H2,1-2H3;1-2H3. The molecule has 1 heterocycles. The number of carbonyl (C=O) groups excluding carboxylic acids is 1. The Hall–Kier alpha value is -0.0900. The first-order chi connectivity index (χ1) is 6.13. The van der Waals surface area contributed by atoms with E-state index in [1.54, 1.807) is 16.7 Å². The highest BCUT2D eigenvalue weighted by molar-refractivity contribution is 8.23. The molecule has 1 saturated heterocycles. The normalized spacial score (nSPS) is 15.8. The molecule has 0 aromatic heterocycles. The highest BCUT2D eigenvalue weighted by Crippen LogP contribution is 2.19. The maximum Gasteiger partial charge on any atom is 0.230 e. The lowest BCUT2D eigenvalue weighted by Gasteiger charge is -2.16. The summed E-state index contributed by atoms with van der Waals surface area (Å²) in [5, 5.41) is 0. The molecule has 4 heteroatoms. The van der Waals surface area contributed by atoms with Crippen molar-refractivity contribution >= 4 is 34.2 Å². The Bertz CT molecular complexity index is 192. The van der Waals surface area contributed by atoms with Gasteiger partial charge >= 0.3 is 0 Å². The van der Waals surface area contributed by atoms with Gasteiger partial charge in [-0.15, -0.1) is 0 Å². The van der Waals surface area contributed by atoms with Crippen LogP contribution in [0.2, 0.25) is 0 Å². The number of rotatable bonds is 1. The fraction of sp³-hybridized carbons (Fsp3) is 0.778. The van der Waals surface area contributed by atoms with E-state index in [-0.39, 0.29) is 11.8 Å². The fourth-order valence-electron chi connectivity index (χ4n) is 0.905. The molecular weight excluding hydrogens is 202 g/mol. The topological polar surface area (TPSA) is 20.3 Å². The van der Waals surface area contributed by atoms with Crippen molar-refractivity contribution in [2.75, 3.05) is 12.3 Å². The van der Waals surface area contributed by atoms with Crippen molar-refractivity contribution in [1.29, 1.82) is 0 Å². The van der Waals surface area contributed by atoms with Gasteiger partial charge in [-0.2, -0.15) is 0 Å².